The van der Waals surface area contributed by atoms with Crippen molar-refractivity contribution in [1.29, 1.82) is 0 Å². The Morgan fingerprint density at radius 1 is 0.467 bits per heavy atom. The van der Waals surface area contributed by atoms with Crippen LogP contribution in [-0.4, -0.2) is 221 Å². The molecular formula is C71H106N18O16. The summed E-state index contributed by atoms with van der Waals surface area (Å²) >= 11 is 0. The van der Waals surface area contributed by atoms with Crippen LogP contribution in [0.4, 0.5) is 0 Å². The molecule has 4 aromatic carbocycles. The van der Waals surface area contributed by atoms with E-state index in [0.29, 0.717) is 69.3 Å². The number of hydrogen-bond acceptors (Lipinski definition) is 19. The molecule has 0 aliphatic carbocycles. The molecule has 34 nitrogen and oxygen atoms in total. The van der Waals surface area contributed by atoms with Crippen LogP contribution >= 0.6 is 0 Å². The molecule has 23 N–H and O–H groups in total. The SMILES string of the molecule is CC(C)C[C@H](NC(=O)[C@H](Cc1ccc2ccccc2c1)NC(=O)[C@H](Cc1ccc(O)cc1)NC(=O)COCC(=O)NCCCOCCOCCOCCCN)C(=O)N[C@@H](Cc1ccccc1)C(=O)N[C@@H](CCCN=C(N)N)C(=O)N(C)[C@@H](C)C(=O)N[C@@H](CCCN=C(N)N)C(=O)N[C@@H](CC(N)=O)C(N)=O. The van der Waals surface area contributed by atoms with Crippen molar-refractivity contribution in [2.75, 3.05) is 86.1 Å². The van der Waals surface area contributed by atoms with Crippen LogP contribution in [0.25, 0.3) is 10.8 Å². The number of aromatic hydroxyl groups is 1. The van der Waals surface area contributed by atoms with Crippen molar-refractivity contribution in [3.05, 3.63) is 114 Å². The van der Waals surface area contributed by atoms with Gasteiger partial charge < -0.3 is 112 Å². The molecule has 4 rings (SSSR count). The van der Waals surface area contributed by atoms with Crippen molar-refractivity contribution in [3.8, 4) is 5.75 Å². The van der Waals surface area contributed by atoms with E-state index in [-0.39, 0.29) is 94.6 Å². The molecule has 576 valence electrons. The van der Waals surface area contributed by atoms with Crippen molar-refractivity contribution in [3.63, 3.8) is 0 Å². The summed E-state index contributed by atoms with van der Waals surface area (Å²) in [4.78, 5) is 161. The number of likely N-dealkylation sites (N-methyl/N-ethyl adjacent to an activating group) is 1. The molecule has 0 radical (unpaired) electrons. The summed E-state index contributed by atoms with van der Waals surface area (Å²) in [6, 6.07) is 16.0. The average molecular weight is 1470 g/mol. The van der Waals surface area contributed by atoms with Crippen molar-refractivity contribution in [1.82, 2.24) is 47.4 Å². The number of hydrogen-bond donors (Lipinski definition) is 16. The molecule has 11 amide bonds. The Hall–Kier alpha value is -10.5. The minimum Gasteiger partial charge on any atom is -0.508 e. The first-order chi connectivity index (χ1) is 50.1. The molecule has 34 heteroatoms. The molecule has 0 saturated carbocycles. The number of rotatable bonds is 51. The van der Waals surface area contributed by atoms with Gasteiger partial charge in [-0.15, -0.1) is 0 Å². The highest BCUT2D eigenvalue weighted by Crippen LogP contribution is 2.19. The summed E-state index contributed by atoms with van der Waals surface area (Å²) < 4.78 is 21.9. The first kappa shape index (κ1) is 86.9. The van der Waals surface area contributed by atoms with Crippen molar-refractivity contribution >= 4 is 87.7 Å². The summed E-state index contributed by atoms with van der Waals surface area (Å²) in [7, 11) is 1.28. The normalized spacial score (nSPS) is 13.4. The zero-order chi connectivity index (χ0) is 77.2. The number of primary amides is 2. The van der Waals surface area contributed by atoms with Crippen LogP contribution in [0.1, 0.15) is 88.8 Å². The number of ether oxygens (including phenoxy) is 4. The minimum atomic E-state index is -1.54. The largest absolute Gasteiger partial charge is 0.508 e. The monoisotopic (exact) mass is 1470 g/mol. The van der Waals surface area contributed by atoms with E-state index in [1.54, 1.807) is 62.4 Å². The van der Waals surface area contributed by atoms with Gasteiger partial charge in [0.15, 0.2) is 11.9 Å². The van der Waals surface area contributed by atoms with Crippen molar-refractivity contribution in [2.24, 2.45) is 56.0 Å². The number of benzene rings is 4. The molecule has 0 aliphatic heterocycles. The number of carbonyl (C=O) groups excluding carboxylic acids is 11. The standard InChI is InChI=1S/C71H106N18O16/c1-44(2)36-55(65(97)87-57(38-46-14-6-5-7-15-46)67(99)84-53(19-11-28-81-71(77)78)69(101)89(4)45(3)63(95)83-52(18-10-27-80-70(75)76)64(96)85-54(62(74)94)41-59(73)91)86-68(100)58(40-48-20-23-49-16-8-9-17-50(49)37-48)88-66(98)56(39-47-21-24-51(90)25-22-47)82-61(93)43-105-42-60(92)79-29-13-31-103-33-35-104-34-32-102-30-12-26-72/h5-9,14-17,20-25,37,44-45,52-58,90H,10-13,18-19,26-36,38-43,72H2,1-4H3,(H2,73,91)(H2,74,94)(H,79,92)(H,82,93)(H,83,95)(H,84,99)(H,85,96)(H,86,100)(H,87,97)(H,88,98)(H4,75,76,80)(H4,77,78,81)/t45-,52-,53-,54-,55-,56-,57-,58-/m0/s1. The summed E-state index contributed by atoms with van der Waals surface area (Å²) in [5, 5.41) is 33.3. The summed E-state index contributed by atoms with van der Waals surface area (Å²) in [6.07, 6.45) is 0.168. The lowest BCUT2D eigenvalue weighted by atomic mass is 9.98. The Labute approximate surface area is 610 Å². The fourth-order valence-electron chi connectivity index (χ4n) is 10.5. The fraction of sp³-hybridized carbons (Fsp3) is 0.507. The third-order valence-corrected chi connectivity index (χ3v) is 16.2. The van der Waals surface area contributed by atoms with Gasteiger partial charge in [-0.25, -0.2) is 0 Å². The Kier molecular flexibility index (Phi) is 39.4. The number of fused-ring (bicyclic) bond motifs is 1. The topological polar surface area (TPSA) is 551 Å². The maximum atomic E-state index is 15.1. The second-order valence-corrected chi connectivity index (χ2v) is 25.3. The fourth-order valence-corrected chi connectivity index (χ4v) is 10.5. The van der Waals surface area contributed by atoms with Gasteiger partial charge in [0.05, 0.1) is 32.8 Å². The number of guanidine groups is 2. The second-order valence-electron chi connectivity index (χ2n) is 25.3. The van der Waals surface area contributed by atoms with E-state index in [9.17, 15) is 48.3 Å². The molecule has 0 heterocycles. The van der Waals surface area contributed by atoms with Gasteiger partial charge in [-0.1, -0.05) is 98.8 Å². The van der Waals surface area contributed by atoms with E-state index in [0.717, 1.165) is 22.1 Å². The maximum absolute atomic E-state index is 15.1. The number of aliphatic imine (C=N–C) groups is 2. The Bertz CT molecular complexity index is 3510. The number of amides is 11. The van der Waals surface area contributed by atoms with Gasteiger partial charge in [-0.05, 0) is 104 Å². The van der Waals surface area contributed by atoms with E-state index < -0.39 is 133 Å². The second kappa shape index (κ2) is 47.7. The quantitative estimate of drug-likeness (QED) is 0.0121. The molecule has 0 bridgehead atoms. The van der Waals surface area contributed by atoms with E-state index in [1.165, 1.54) is 26.1 Å². The van der Waals surface area contributed by atoms with Gasteiger partial charge in [0, 0.05) is 59.2 Å². The van der Waals surface area contributed by atoms with Gasteiger partial charge >= 0.3 is 0 Å². The van der Waals surface area contributed by atoms with E-state index in [1.807, 2.05) is 36.4 Å². The minimum absolute atomic E-state index is 0.00125. The molecule has 4 aromatic rings. The molecule has 0 unspecified atom stereocenters. The number of phenolic OH excluding ortho intramolecular Hbond substituents is 1. The summed E-state index contributed by atoms with van der Waals surface area (Å²) in [5.74, 6) is -10.1. The van der Waals surface area contributed by atoms with Gasteiger partial charge in [0.1, 0.15) is 67.3 Å². The van der Waals surface area contributed by atoms with Crippen LogP contribution in [0, 0.1) is 5.92 Å². The highest BCUT2D eigenvalue weighted by molar-refractivity contribution is 5.99. The van der Waals surface area contributed by atoms with Crippen molar-refractivity contribution < 1.29 is 76.8 Å². The average Bonchev–Trinajstić information content (AvgIpc) is 0.839. The van der Waals surface area contributed by atoms with Gasteiger partial charge in [-0.2, -0.15) is 0 Å². The third kappa shape index (κ3) is 34.5. The zero-order valence-electron chi connectivity index (χ0n) is 60.2. The van der Waals surface area contributed by atoms with Crippen LogP contribution < -0.4 is 82.7 Å². The lowest BCUT2D eigenvalue weighted by molar-refractivity contribution is -0.142. The highest BCUT2D eigenvalue weighted by Gasteiger charge is 2.37. The molecular weight excluding hydrogens is 1360 g/mol. The molecule has 0 aromatic heterocycles. The predicted molar refractivity (Wildman–Crippen MR) is 392 cm³/mol. The lowest BCUT2D eigenvalue weighted by Gasteiger charge is -2.31. The first-order valence-corrected chi connectivity index (χ1v) is 34.8. The van der Waals surface area contributed by atoms with Gasteiger partial charge in [0.2, 0.25) is 65.0 Å². The van der Waals surface area contributed by atoms with Gasteiger partial charge in [-0.3, -0.25) is 62.7 Å². The Morgan fingerprint density at radius 3 is 1.49 bits per heavy atom. The molecule has 0 spiro atoms. The highest BCUT2D eigenvalue weighted by atomic mass is 16.5. The zero-order valence-corrected chi connectivity index (χ0v) is 60.2. The van der Waals surface area contributed by atoms with Crippen LogP contribution in [0.15, 0.2) is 107 Å². The number of nitrogens with one attached hydrogen (secondary N) is 8. The van der Waals surface area contributed by atoms with E-state index >= 15 is 9.59 Å². The Balaban J connectivity index is 1.60. The van der Waals surface area contributed by atoms with Crippen LogP contribution in [0.2, 0.25) is 0 Å². The van der Waals surface area contributed by atoms with Crippen molar-refractivity contribution in [2.45, 2.75) is 140 Å². The van der Waals surface area contributed by atoms with Crippen LogP contribution in [0.3, 0.4) is 0 Å². The summed E-state index contributed by atoms with van der Waals surface area (Å²) in [5.41, 5.74) is 40.0. The number of phenols is 1. The molecule has 8 atom stereocenters. The predicted octanol–water partition coefficient (Wildman–Crippen LogP) is -2.75. The van der Waals surface area contributed by atoms with E-state index in [4.69, 9.17) is 59.1 Å². The first-order valence-electron chi connectivity index (χ1n) is 34.8. The summed E-state index contributed by atoms with van der Waals surface area (Å²) in [6.45, 7) is 7.17. The number of nitrogens with zero attached hydrogens (tertiary/aromatic N) is 3. The lowest BCUT2D eigenvalue weighted by Crippen LogP contribution is -2.61. The van der Waals surface area contributed by atoms with Gasteiger partial charge in [0.25, 0.3) is 0 Å². The Morgan fingerprint density at radius 2 is 0.924 bits per heavy atom. The molecule has 0 fully saturated rings. The van der Waals surface area contributed by atoms with E-state index in [2.05, 4.69) is 52.5 Å². The van der Waals surface area contributed by atoms with Crippen LogP contribution in [-0.2, 0) is 90.9 Å². The molecule has 0 saturated heterocycles. The third-order valence-electron chi connectivity index (χ3n) is 16.2. The molecule has 0 aliphatic rings. The molecule has 105 heavy (non-hydrogen) atoms. The number of carbonyl (C=O) groups is 11. The smallest absolute Gasteiger partial charge is 0.246 e. The number of nitrogens with two attached hydrogens (primary N) is 7. The van der Waals surface area contributed by atoms with Crippen LogP contribution in [0.5, 0.6) is 5.75 Å². The maximum Gasteiger partial charge on any atom is 0.246 e.